The quantitative estimate of drug-likeness (QED) is 0.0915. The molecule has 44 heteroatoms. The Morgan fingerprint density at radius 1 is 0.273 bits per heavy atom. The van der Waals surface area contributed by atoms with Crippen molar-refractivity contribution in [2.45, 2.75) is 246 Å². The summed E-state index contributed by atoms with van der Waals surface area (Å²) in [7, 11) is -1.98. The lowest BCUT2D eigenvalue weighted by atomic mass is 9.80. The van der Waals surface area contributed by atoms with Gasteiger partial charge >= 0.3 is 7.12 Å². The second-order valence-corrected chi connectivity index (χ2v) is 25.0. The molecule has 1 aromatic rings. The molecule has 30 aliphatic heterocycles. The Hall–Kier alpha value is -2.89. The molecular formula is C55H86BNO42. The number of amides is 1. The van der Waals surface area contributed by atoms with E-state index in [1.54, 1.807) is 0 Å². The molecule has 0 spiro atoms. The highest BCUT2D eigenvalue weighted by Crippen LogP contribution is 2.40. The van der Waals surface area contributed by atoms with Crippen molar-refractivity contribution in [3.63, 3.8) is 0 Å². The maximum Gasteiger partial charge on any atom is 0.488 e. The summed E-state index contributed by atoms with van der Waals surface area (Å²) >= 11 is 0. The van der Waals surface area contributed by atoms with Crippen LogP contribution in [0, 0.1) is 0 Å². The molecule has 30 fully saturated rings. The second-order valence-electron chi connectivity index (χ2n) is 25.0. The Morgan fingerprint density at radius 3 is 0.646 bits per heavy atom. The van der Waals surface area contributed by atoms with Gasteiger partial charge in [-0.1, -0.05) is 12.1 Å². The fourth-order valence-electron chi connectivity index (χ4n) is 13.1. The van der Waals surface area contributed by atoms with Crippen LogP contribution in [0.5, 0.6) is 0 Å². The minimum Gasteiger partial charge on any atom is -0.423 e. The Kier molecular flexibility index (Phi) is 26.8. The van der Waals surface area contributed by atoms with Gasteiger partial charge in [0.25, 0.3) is 5.91 Å². The molecule has 16 bridgehead atoms. The predicted octanol–water partition coefficient (Wildman–Crippen LogP) is -18.3. The number of benzene rings is 1. The first-order valence-corrected chi connectivity index (χ1v) is 31.5. The van der Waals surface area contributed by atoms with Crippen molar-refractivity contribution in [3.05, 3.63) is 29.8 Å². The number of hydrogen-bond donors (Lipinski definition) is 26. The van der Waals surface area contributed by atoms with Crippen LogP contribution >= 0.6 is 0 Å². The van der Waals surface area contributed by atoms with Gasteiger partial charge in [0.1, 0.15) is 189 Å². The van der Waals surface area contributed by atoms with Crippen LogP contribution in [0.3, 0.4) is 0 Å². The number of nitrogens with one attached hydrogen (secondary N) is 1. The molecule has 0 unspecified atom stereocenters. The number of aliphatic hydroxyl groups excluding tert-OH is 23. The van der Waals surface area contributed by atoms with Gasteiger partial charge in [0.05, 0.1) is 58.9 Å². The van der Waals surface area contributed by atoms with Gasteiger partial charge in [-0.25, -0.2) is 0 Å². The standard InChI is InChI=1S/C55H86BNO42/c58-5-15-39-23(57-47(81)13-1-3-14(4-2-13)56(82)83)24(66)48(84-15)93-40-16(6-59)86-50(33(75)26(40)68)95-42-18(8-61)88-52(35(77)28(42)70)97-44-20(10-63)90-54(37(79)30(44)72)99-46-22(12-65)91-55(38(80)31(46)73)98-45-21(11-64)89-53(36(78)29(45)71)96-43-19(9-62)87-51(34(76)27(43)69)94-41-17(7-60)85-49(92-39)32(74)25(41)67/h1-4,15-46,48-55,58-80,82-83H,5-12H2,(H,57,81)/t15-,16-,17-,18-,19-,20-,21-,22-,23-,24-,25-,26-,27-,28-,29-,30-,31-,32-,33-,34-,35-,36-,37-,38-,39-,40-,41-,42-,43-,44-,45-,46-,48-,49-,50-,51-,52-,53-,54-,55-/m1/s1. The zero-order valence-corrected chi connectivity index (χ0v) is 51.8. The second kappa shape index (κ2) is 33.7. The maximum absolute atomic E-state index is 14.0. The van der Waals surface area contributed by atoms with Gasteiger partial charge in [-0.2, -0.15) is 0 Å². The Bertz CT molecular complexity index is 2670. The zero-order valence-electron chi connectivity index (χ0n) is 51.8. The third-order valence-corrected chi connectivity index (χ3v) is 18.7. The first kappa shape index (κ1) is 78.7. The van der Waals surface area contributed by atoms with E-state index in [0.717, 1.165) is 24.3 Å². The highest BCUT2D eigenvalue weighted by Gasteiger charge is 2.61. The van der Waals surface area contributed by atoms with Gasteiger partial charge in [-0.15, -0.1) is 0 Å². The number of aliphatic hydroxyl groups is 23. The lowest BCUT2D eigenvalue weighted by molar-refractivity contribution is -0.402. The zero-order chi connectivity index (χ0) is 71.9. The Labute approximate surface area is 559 Å². The molecule has 26 N–H and O–H groups in total. The summed E-state index contributed by atoms with van der Waals surface area (Å²) in [5.74, 6) is -1.07. The summed E-state index contributed by atoms with van der Waals surface area (Å²) in [5.41, 5.74) is -0.295. The number of hydrogen-bond acceptors (Lipinski definition) is 42. The lowest BCUT2D eigenvalue weighted by Crippen LogP contribution is -2.70. The molecule has 31 rings (SSSR count). The van der Waals surface area contributed by atoms with E-state index in [9.17, 15) is 132 Å². The average molecular weight is 1440 g/mol. The molecule has 566 valence electrons. The first-order chi connectivity index (χ1) is 47.2. The van der Waals surface area contributed by atoms with Crippen molar-refractivity contribution >= 4 is 18.5 Å². The molecule has 30 aliphatic rings. The highest BCUT2D eigenvalue weighted by molar-refractivity contribution is 6.58. The molecule has 0 aromatic heterocycles. The maximum atomic E-state index is 14.0. The molecule has 30 heterocycles. The van der Waals surface area contributed by atoms with Gasteiger partial charge in [0.15, 0.2) is 50.3 Å². The van der Waals surface area contributed by atoms with E-state index in [0.29, 0.717) is 0 Å². The predicted molar refractivity (Wildman–Crippen MR) is 303 cm³/mol. The van der Waals surface area contributed by atoms with Gasteiger partial charge < -0.3 is 209 Å². The highest BCUT2D eigenvalue weighted by atomic mass is 16.8. The number of ether oxygens (including phenoxy) is 16. The molecule has 0 aliphatic carbocycles. The van der Waals surface area contributed by atoms with Crippen LogP contribution in [0.1, 0.15) is 10.4 Å². The molecule has 0 radical (unpaired) electrons. The average Bonchev–Trinajstić information content (AvgIpc) is 0.786. The molecule has 43 nitrogen and oxygen atoms in total. The van der Waals surface area contributed by atoms with Crippen molar-refractivity contribution in [2.75, 3.05) is 52.9 Å². The fourth-order valence-corrected chi connectivity index (χ4v) is 13.1. The topological polar surface area (TPSA) is 683 Å². The summed E-state index contributed by atoms with van der Waals surface area (Å²) in [4.78, 5) is 14.0. The lowest BCUT2D eigenvalue weighted by Gasteiger charge is -2.51. The van der Waals surface area contributed by atoms with E-state index in [2.05, 4.69) is 5.32 Å². The third-order valence-electron chi connectivity index (χ3n) is 18.7. The van der Waals surface area contributed by atoms with E-state index in [4.69, 9.17) is 75.8 Å². The first-order valence-electron chi connectivity index (χ1n) is 31.5. The van der Waals surface area contributed by atoms with Crippen LogP contribution in [-0.4, -0.2) is 439 Å². The van der Waals surface area contributed by atoms with Gasteiger partial charge in [0.2, 0.25) is 0 Å². The smallest absolute Gasteiger partial charge is 0.423 e. The van der Waals surface area contributed by atoms with Crippen LogP contribution in [0.4, 0.5) is 0 Å². The summed E-state index contributed by atoms with van der Waals surface area (Å²) < 4.78 is 92.6. The van der Waals surface area contributed by atoms with Crippen molar-refractivity contribution < 1.29 is 208 Å². The summed E-state index contributed by atoms with van der Waals surface area (Å²) in [6.45, 7) is -8.96. The number of carbonyl (C=O) groups excluding carboxylic acids is 1. The molecule has 1 aromatic carbocycles. The van der Waals surface area contributed by atoms with E-state index < -0.39 is 311 Å². The largest absolute Gasteiger partial charge is 0.488 e. The van der Waals surface area contributed by atoms with E-state index >= 15 is 0 Å². The normalized spacial score (nSPS) is 50.4. The Morgan fingerprint density at radius 2 is 0.455 bits per heavy atom. The van der Waals surface area contributed by atoms with Crippen LogP contribution in [-0.2, 0) is 75.8 Å². The van der Waals surface area contributed by atoms with Gasteiger partial charge in [-0.05, 0) is 17.6 Å². The summed E-state index contributed by atoms with van der Waals surface area (Å²) in [5, 5.41) is 280. The van der Waals surface area contributed by atoms with Crippen molar-refractivity contribution in [1.29, 1.82) is 0 Å². The third kappa shape index (κ3) is 16.0. The minimum atomic E-state index is -2.34. The molecule has 40 atom stereocenters. The van der Waals surface area contributed by atoms with E-state index in [1.165, 1.54) is 0 Å². The van der Waals surface area contributed by atoms with Crippen LogP contribution in [0.15, 0.2) is 24.3 Å². The molecule has 0 saturated carbocycles. The minimum absolute atomic E-state index is 0.0703. The number of rotatable bonds is 11. The monoisotopic (exact) mass is 1440 g/mol. The molecule has 99 heavy (non-hydrogen) atoms. The number of carbonyl (C=O) groups is 1. The van der Waals surface area contributed by atoms with Crippen LogP contribution in [0.25, 0.3) is 0 Å². The summed E-state index contributed by atoms with van der Waals surface area (Å²) in [6.07, 6.45) is -81.7. The molecular weight excluding hydrogens is 1360 g/mol. The van der Waals surface area contributed by atoms with Gasteiger partial charge in [0, 0.05) is 5.56 Å². The van der Waals surface area contributed by atoms with Gasteiger partial charge in [-0.3, -0.25) is 4.79 Å². The van der Waals surface area contributed by atoms with E-state index in [-0.39, 0.29) is 11.0 Å². The van der Waals surface area contributed by atoms with Crippen LogP contribution < -0.4 is 10.8 Å². The SMILES string of the molecule is O=C(N[C@@H]1[C@@H](O)[C@H]2O[C@H]3[C@H](O)[C@@H](O)[C@@H](O[C@H]4[C@H](O)[C@@H](O)[C@@H](O[C@H]5[C@H](O)[C@@H](O)[C@@H](O[C@H]6[C@H](O)[C@@H](O)[C@@H](O[C@H]7[C@H](O)[C@@H](O)[C@@H](O[C@H]8[C@H](O)[C@@H](O)[C@@H](O[C@H]9[C@H](O)[C@@H](O)[C@@H](O[C@@H]1[C@@H](CO)O2)O[C@@H]9CO)O[C@@H]8CO)O[C@@H]7CO)O[C@@H]6CO)O[C@@H]5CO)O[C@@H]4CO)O[C@@H]3CO)c1ccc(B(O)O)cc1. The van der Waals surface area contributed by atoms with Crippen molar-refractivity contribution in [2.24, 2.45) is 0 Å². The fraction of sp³-hybridized carbons (Fsp3) is 0.873. The molecule has 1 amide bonds. The summed E-state index contributed by atoms with van der Waals surface area (Å²) in [6, 6.07) is 2.57. The molecule has 30 saturated heterocycles. The van der Waals surface area contributed by atoms with Crippen molar-refractivity contribution in [3.8, 4) is 0 Å². The van der Waals surface area contributed by atoms with E-state index in [1.807, 2.05) is 0 Å². The van der Waals surface area contributed by atoms with Crippen LogP contribution in [0.2, 0.25) is 0 Å². The van der Waals surface area contributed by atoms with Crippen molar-refractivity contribution in [1.82, 2.24) is 5.32 Å². The Balaban J connectivity index is 0.946.